The van der Waals surface area contributed by atoms with Gasteiger partial charge < -0.3 is 10.4 Å². The van der Waals surface area contributed by atoms with Gasteiger partial charge in [-0.3, -0.25) is 0 Å². The number of halogens is 2. The molecule has 0 saturated heterocycles. The summed E-state index contributed by atoms with van der Waals surface area (Å²) in [4.78, 5) is 0. The highest BCUT2D eigenvalue weighted by Gasteiger charge is 2.05. The third-order valence-electron chi connectivity index (χ3n) is 3.45. The van der Waals surface area contributed by atoms with E-state index in [2.05, 4.69) is 28.2 Å². The normalized spacial score (nSPS) is 12.3. The van der Waals surface area contributed by atoms with Crippen molar-refractivity contribution in [1.82, 2.24) is 5.32 Å². The molecule has 0 fully saturated rings. The number of phenols is 1. The van der Waals surface area contributed by atoms with E-state index >= 15 is 0 Å². The van der Waals surface area contributed by atoms with Crippen LogP contribution in [0.5, 0.6) is 5.75 Å². The maximum Gasteiger partial charge on any atom is 0.115 e. The molecule has 0 spiro atoms. The van der Waals surface area contributed by atoms with Gasteiger partial charge in [0.25, 0.3) is 0 Å². The number of phenolic OH excluding ortho intramolecular Hbond substituents is 1. The van der Waals surface area contributed by atoms with Crippen LogP contribution in [-0.4, -0.2) is 11.1 Å². The number of hydrogen-bond acceptors (Lipinski definition) is 2. The molecule has 0 radical (unpaired) electrons. The molecule has 4 heteroatoms. The number of nitrogens with one attached hydrogen (secondary N) is 1. The first-order valence-corrected chi connectivity index (χ1v) is 8.17. The molecule has 0 amide bonds. The summed E-state index contributed by atoms with van der Waals surface area (Å²) in [5.41, 5.74) is 2.41. The smallest absolute Gasteiger partial charge is 0.115 e. The second-order valence-corrected chi connectivity index (χ2v) is 6.51. The summed E-state index contributed by atoms with van der Waals surface area (Å²) in [6.45, 7) is 2.97. The lowest BCUT2D eigenvalue weighted by molar-refractivity contribution is 0.474. The van der Waals surface area contributed by atoms with Crippen molar-refractivity contribution in [2.45, 2.75) is 32.4 Å². The van der Waals surface area contributed by atoms with Gasteiger partial charge in [-0.05, 0) is 61.2 Å². The Morgan fingerprint density at radius 3 is 2.62 bits per heavy atom. The molecule has 1 atom stereocenters. The first kappa shape index (κ1) is 16.3. The molecule has 21 heavy (non-hydrogen) atoms. The van der Waals surface area contributed by atoms with Gasteiger partial charge in [-0.1, -0.05) is 39.7 Å². The fourth-order valence-electron chi connectivity index (χ4n) is 2.11. The van der Waals surface area contributed by atoms with Crippen molar-refractivity contribution in [1.29, 1.82) is 0 Å². The number of hydrogen-bond donors (Lipinski definition) is 2. The maximum absolute atomic E-state index is 9.27. The summed E-state index contributed by atoms with van der Waals surface area (Å²) >= 11 is 9.56. The van der Waals surface area contributed by atoms with Crippen molar-refractivity contribution >= 4 is 27.5 Å². The van der Waals surface area contributed by atoms with E-state index in [0.29, 0.717) is 11.8 Å². The van der Waals surface area contributed by atoms with Crippen LogP contribution in [0, 0.1) is 0 Å². The van der Waals surface area contributed by atoms with E-state index < -0.39 is 0 Å². The van der Waals surface area contributed by atoms with E-state index in [-0.39, 0.29) is 0 Å². The minimum atomic E-state index is 0.315. The third-order valence-corrected chi connectivity index (χ3v) is 4.46. The lowest BCUT2D eigenvalue weighted by atomic mass is 10.1. The van der Waals surface area contributed by atoms with Gasteiger partial charge in [0, 0.05) is 22.1 Å². The Morgan fingerprint density at radius 1 is 1.19 bits per heavy atom. The molecule has 2 nitrogen and oxygen atoms in total. The molecule has 0 saturated carbocycles. The largest absolute Gasteiger partial charge is 0.508 e. The number of benzene rings is 2. The molecule has 0 aromatic heterocycles. The van der Waals surface area contributed by atoms with E-state index in [0.717, 1.165) is 28.9 Å². The van der Waals surface area contributed by atoms with Crippen LogP contribution in [0.2, 0.25) is 5.02 Å². The first-order valence-electron chi connectivity index (χ1n) is 7.00. The molecular formula is C17H19BrClNO. The fourth-order valence-corrected chi connectivity index (χ4v) is 2.69. The summed E-state index contributed by atoms with van der Waals surface area (Å²) in [6.07, 6.45) is 2.04. The van der Waals surface area contributed by atoms with Crippen LogP contribution < -0.4 is 5.32 Å². The van der Waals surface area contributed by atoms with Crippen molar-refractivity contribution in [3.05, 3.63) is 63.1 Å². The molecule has 0 aliphatic heterocycles. The van der Waals surface area contributed by atoms with Crippen LogP contribution in [0.1, 0.15) is 24.5 Å². The predicted molar refractivity (Wildman–Crippen MR) is 91.9 cm³/mol. The van der Waals surface area contributed by atoms with Crippen molar-refractivity contribution in [2.75, 3.05) is 0 Å². The fraction of sp³-hybridized carbons (Fsp3) is 0.294. The molecule has 0 aliphatic carbocycles. The molecular weight excluding hydrogens is 350 g/mol. The Bertz CT molecular complexity index is 586. The van der Waals surface area contributed by atoms with E-state index in [4.69, 9.17) is 11.6 Å². The highest BCUT2D eigenvalue weighted by molar-refractivity contribution is 9.10. The highest BCUT2D eigenvalue weighted by Crippen LogP contribution is 2.21. The van der Waals surface area contributed by atoms with Crippen LogP contribution in [0.25, 0.3) is 0 Å². The van der Waals surface area contributed by atoms with E-state index in [1.54, 1.807) is 12.1 Å². The van der Waals surface area contributed by atoms with Gasteiger partial charge in [0.2, 0.25) is 0 Å². The van der Waals surface area contributed by atoms with Crippen molar-refractivity contribution in [3.8, 4) is 5.75 Å². The van der Waals surface area contributed by atoms with Crippen molar-refractivity contribution < 1.29 is 5.11 Å². The maximum atomic E-state index is 9.27. The molecule has 0 bridgehead atoms. The van der Waals surface area contributed by atoms with Gasteiger partial charge in [-0.2, -0.15) is 0 Å². The zero-order valence-electron chi connectivity index (χ0n) is 11.9. The Morgan fingerprint density at radius 2 is 1.90 bits per heavy atom. The highest BCUT2D eigenvalue weighted by atomic mass is 79.9. The van der Waals surface area contributed by atoms with Gasteiger partial charge in [-0.25, -0.2) is 0 Å². The molecule has 0 aliphatic rings. The Balaban J connectivity index is 1.80. The summed E-state index contributed by atoms with van der Waals surface area (Å²) in [6, 6.07) is 13.6. The second-order valence-electron chi connectivity index (χ2n) is 5.22. The van der Waals surface area contributed by atoms with Gasteiger partial charge in [0.1, 0.15) is 5.75 Å². The van der Waals surface area contributed by atoms with Gasteiger partial charge in [0.15, 0.2) is 0 Å². The number of aromatic hydroxyl groups is 1. The summed E-state index contributed by atoms with van der Waals surface area (Å²) in [7, 11) is 0. The monoisotopic (exact) mass is 367 g/mol. The van der Waals surface area contributed by atoms with Crippen LogP contribution in [0.3, 0.4) is 0 Å². The lowest BCUT2D eigenvalue weighted by Crippen LogP contribution is -2.26. The lowest BCUT2D eigenvalue weighted by Gasteiger charge is -2.15. The average Bonchev–Trinajstić information content (AvgIpc) is 2.47. The molecule has 2 aromatic carbocycles. The van der Waals surface area contributed by atoms with Crippen LogP contribution >= 0.6 is 27.5 Å². The van der Waals surface area contributed by atoms with Gasteiger partial charge in [-0.15, -0.1) is 0 Å². The van der Waals surface area contributed by atoms with Crippen molar-refractivity contribution in [2.24, 2.45) is 0 Å². The predicted octanol–water partition coefficient (Wildman–Crippen LogP) is 4.92. The molecule has 0 heterocycles. The van der Waals surface area contributed by atoms with Gasteiger partial charge >= 0.3 is 0 Å². The zero-order valence-corrected chi connectivity index (χ0v) is 14.3. The third kappa shape index (κ3) is 5.34. The number of aryl methyl sites for hydroxylation is 1. The second kappa shape index (κ2) is 7.83. The van der Waals surface area contributed by atoms with Crippen LogP contribution in [-0.2, 0) is 13.0 Å². The Labute approximate surface area is 139 Å². The molecule has 2 rings (SSSR count). The van der Waals surface area contributed by atoms with Crippen LogP contribution in [0.15, 0.2) is 46.9 Å². The zero-order chi connectivity index (χ0) is 15.2. The topological polar surface area (TPSA) is 32.3 Å². The van der Waals surface area contributed by atoms with E-state index in [1.807, 2.05) is 30.3 Å². The SMILES string of the molecule is CC(CCc1ccc(O)cc1)NCc1cc(Cl)ccc1Br. The minimum absolute atomic E-state index is 0.315. The average molecular weight is 369 g/mol. The summed E-state index contributed by atoms with van der Waals surface area (Å²) < 4.78 is 1.07. The number of rotatable bonds is 6. The van der Waals surface area contributed by atoms with E-state index in [9.17, 15) is 5.11 Å². The van der Waals surface area contributed by atoms with Crippen molar-refractivity contribution in [3.63, 3.8) is 0 Å². The van der Waals surface area contributed by atoms with E-state index in [1.165, 1.54) is 11.1 Å². The minimum Gasteiger partial charge on any atom is -0.508 e. The summed E-state index contributed by atoms with van der Waals surface area (Å²) in [5.74, 6) is 0.315. The molecule has 1 unspecified atom stereocenters. The molecule has 112 valence electrons. The van der Waals surface area contributed by atoms with Gasteiger partial charge in [0.05, 0.1) is 0 Å². The molecule has 2 N–H and O–H groups in total. The first-order chi connectivity index (χ1) is 10.0. The standard InChI is InChI=1S/C17H19BrClNO/c1-12(2-3-13-4-7-16(21)8-5-13)20-11-14-10-15(19)6-9-17(14)18/h4-10,12,20-21H,2-3,11H2,1H3. The molecule has 2 aromatic rings. The van der Waals surface area contributed by atoms with Crippen LogP contribution in [0.4, 0.5) is 0 Å². The Hall–Kier alpha value is -1.03. The Kier molecular flexibility index (Phi) is 6.09. The quantitative estimate of drug-likeness (QED) is 0.758. The summed E-state index contributed by atoms with van der Waals surface area (Å²) in [5, 5.41) is 13.5.